The molecule has 0 unspecified atom stereocenters. The van der Waals surface area contributed by atoms with Gasteiger partial charge in [0.2, 0.25) is 10.0 Å². The van der Waals surface area contributed by atoms with Gasteiger partial charge in [-0.2, -0.15) is 0 Å². The number of hydrogen-bond donors (Lipinski definition) is 2. The topological polar surface area (TPSA) is 95.6 Å². The number of carbonyl (C=O) groups excluding carboxylic acids is 2. The molecule has 2 amide bonds. The normalized spacial score (nSPS) is 16.3. The zero-order valence-corrected chi connectivity index (χ0v) is 13.1. The van der Waals surface area contributed by atoms with Crippen molar-refractivity contribution in [3.8, 4) is 0 Å². The Labute approximate surface area is 129 Å². The summed E-state index contributed by atoms with van der Waals surface area (Å²) in [6.45, 7) is 2.80. The smallest absolute Gasteiger partial charge is 0.313 e. The second-order valence-electron chi connectivity index (χ2n) is 5.00. The number of sulfonamides is 1. The first-order valence-corrected chi connectivity index (χ1v) is 8.74. The molecule has 0 aromatic heterocycles. The maximum Gasteiger partial charge on any atom is 0.313 e. The highest BCUT2D eigenvalue weighted by molar-refractivity contribution is 7.93. The lowest BCUT2D eigenvalue weighted by atomic mass is 10.2. The van der Waals surface area contributed by atoms with E-state index in [1.807, 2.05) is 6.92 Å². The Bertz CT molecular complexity index is 655. The third kappa shape index (κ3) is 3.76. The van der Waals surface area contributed by atoms with Gasteiger partial charge in [0.05, 0.1) is 11.4 Å². The molecule has 1 aliphatic heterocycles. The maximum atomic E-state index is 11.8. The number of carbonyl (C=O) groups is 2. The summed E-state index contributed by atoms with van der Waals surface area (Å²) >= 11 is 0. The molecule has 7 nitrogen and oxygen atoms in total. The van der Waals surface area contributed by atoms with E-state index in [2.05, 4.69) is 10.6 Å². The van der Waals surface area contributed by atoms with Crippen LogP contribution in [0.5, 0.6) is 0 Å². The second kappa shape index (κ2) is 6.78. The van der Waals surface area contributed by atoms with Crippen molar-refractivity contribution in [1.82, 2.24) is 5.32 Å². The predicted molar refractivity (Wildman–Crippen MR) is 84.1 cm³/mol. The molecule has 0 aliphatic carbocycles. The molecule has 2 rings (SSSR count). The van der Waals surface area contributed by atoms with E-state index in [-0.39, 0.29) is 5.75 Å². The van der Waals surface area contributed by atoms with Gasteiger partial charge in [0.1, 0.15) is 0 Å². The Kier molecular flexibility index (Phi) is 5.02. The lowest BCUT2D eigenvalue weighted by Gasteiger charge is -2.17. The zero-order chi connectivity index (χ0) is 16.2. The predicted octanol–water partition coefficient (Wildman–Crippen LogP) is 0.691. The van der Waals surface area contributed by atoms with Gasteiger partial charge in [-0.3, -0.25) is 13.9 Å². The standard InChI is InChI=1S/C14H19N3O4S/c1-2-8-15-13(18)14(19)16-11-4-6-12(7-5-11)17-9-3-10-22(17,20)21/h4-7H,2-3,8-10H2,1H3,(H,15,18)(H,16,19). The van der Waals surface area contributed by atoms with Crippen molar-refractivity contribution in [2.24, 2.45) is 0 Å². The van der Waals surface area contributed by atoms with Gasteiger partial charge in [0.25, 0.3) is 0 Å². The summed E-state index contributed by atoms with van der Waals surface area (Å²) < 4.78 is 25.0. The Morgan fingerprint density at radius 3 is 2.41 bits per heavy atom. The Morgan fingerprint density at radius 2 is 1.86 bits per heavy atom. The summed E-state index contributed by atoms with van der Waals surface area (Å²) in [6, 6.07) is 6.38. The van der Waals surface area contributed by atoms with E-state index in [1.165, 1.54) is 4.31 Å². The summed E-state index contributed by atoms with van der Waals surface area (Å²) in [6.07, 6.45) is 1.36. The molecule has 2 N–H and O–H groups in total. The van der Waals surface area contributed by atoms with Crippen LogP contribution in [0.15, 0.2) is 24.3 Å². The van der Waals surface area contributed by atoms with Crippen LogP contribution < -0.4 is 14.9 Å². The fourth-order valence-electron chi connectivity index (χ4n) is 2.15. The molecule has 1 heterocycles. The minimum Gasteiger partial charge on any atom is -0.348 e. The summed E-state index contributed by atoms with van der Waals surface area (Å²) in [5, 5.41) is 4.95. The number of anilines is 2. The lowest BCUT2D eigenvalue weighted by Crippen LogP contribution is -2.35. The van der Waals surface area contributed by atoms with E-state index in [0.29, 0.717) is 30.9 Å². The highest BCUT2D eigenvalue weighted by Gasteiger charge is 2.28. The lowest BCUT2D eigenvalue weighted by molar-refractivity contribution is -0.136. The van der Waals surface area contributed by atoms with E-state index in [4.69, 9.17) is 0 Å². The van der Waals surface area contributed by atoms with Crippen LogP contribution in [0.3, 0.4) is 0 Å². The third-order valence-electron chi connectivity index (χ3n) is 3.25. The molecule has 0 atom stereocenters. The minimum absolute atomic E-state index is 0.156. The van der Waals surface area contributed by atoms with Gasteiger partial charge in [-0.25, -0.2) is 8.42 Å². The Morgan fingerprint density at radius 1 is 1.18 bits per heavy atom. The number of amides is 2. The Hall–Kier alpha value is -2.09. The van der Waals surface area contributed by atoms with E-state index >= 15 is 0 Å². The molecule has 1 aromatic rings. The van der Waals surface area contributed by atoms with Crippen molar-refractivity contribution in [3.63, 3.8) is 0 Å². The van der Waals surface area contributed by atoms with Crippen LogP contribution in [0.25, 0.3) is 0 Å². The number of rotatable bonds is 4. The van der Waals surface area contributed by atoms with Crippen molar-refractivity contribution in [3.05, 3.63) is 24.3 Å². The first kappa shape index (κ1) is 16.3. The van der Waals surface area contributed by atoms with Crippen LogP contribution in [0.4, 0.5) is 11.4 Å². The van der Waals surface area contributed by atoms with E-state index in [1.54, 1.807) is 24.3 Å². The Balaban J connectivity index is 2.00. The van der Waals surface area contributed by atoms with Crippen molar-refractivity contribution < 1.29 is 18.0 Å². The number of benzene rings is 1. The number of hydrogen-bond acceptors (Lipinski definition) is 4. The minimum atomic E-state index is -3.22. The zero-order valence-electron chi connectivity index (χ0n) is 12.3. The molecule has 1 aromatic carbocycles. The van der Waals surface area contributed by atoms with Crippen molar-refractivity contribution in [2.45, 2.75) is 19.8 Å². The molecule has 120 valence electrons. The molecule has 1 saturated heterocycles. The van der Waals surface area contributed by atoms with E-state index < -0.39 is 21.8 Å². The first-order chi connectivity index (χ1) is 10.4. The van der Waals surface area contributed by atoms with Crippen molar-refractivity contribution in [1.29, 1.82) is 0 Å². The van der Waals surface area contributed by atoms with Crippen LogP contribution in [0.2, 0.25) is 0 Å². The van der Waals surface area contributed by atoms with Gasteiger partial charge in [0, 0.05) is 18.8 Å². The summed E-state index contributed by atoms with van der Waals surface area (Å²) in [5.74, 6) is -1.27. The molecule has 0 saturated carbocycles. The third-order valence-corrected chi connectivity index (χ3v) is 5.12. The van der Waals surface area contributed by atoms with Gasteiger partial charge in [-0.15, -0.1) is 0 Å². The molecule has 0 spiro atoms. The average Bonchev–Trinajstić information content (AvgIpc) is 2.85. The van der Waals surface area contributed by atoms with E-state index in [9.17, 15) is 18.0 Å². The van der Waals surface area contributed by atoms with Gasteiger partial charge >= 0.3 is 11.8 Å². The van der Waals surface area contributed by atoms with Gasteiger partial charge in [-0.1, -0.05) is 6.92 Å². The maximum absolute atomic E-state index is 11.8. The van der Waals surface area contributed by atoms with Crippen molar-refractivity contribution >= 4 is 33.2 Å². The largest absolute Gasteiger partial charge is 0.348 e. The molecule has 8 heteroatoms. The van der Waals surface area contributed by atoms with Gasteiger partial charge in [0.15, 0.2) is 0 Å². The first-order valence-electron chi connectivity index (χ1n) is 7.13. The monoisotopic (exact) mass is 325 g/mol. The SMILES string of the molecule is CCCNC(=O)C(=O)Nc1ccc(N2CCCS2(=O)=O)cc1. The fourth-order valence-corrected chi connectivity index (χ4v) is 3.71. The van der Waals surface area contributed by atoms with Crippen LogP contribution in [0.1, 0.15) is 19.8 Å². The fraction of sp³-hybridized carbons (Fsp3) is 0.429. The molecule has 1 aliphatic rings. The summed E-state index contributed by atoms with van der Waals surface area (Å²) in [5.41, 5.74) is 1.00. The molecule has 0 bridgehead atoms. The van der Waals surface area contributed by atoms with Gasteiger partial charge in [-0.05, 0) is 37.1 Å². The summed E-state index contributed by atoms with van der Waals surface area (Å²) in [7, 11) is -3.22. The number of nitrogens with zero attached hydrogens (tertiary/aromatic N) is 1. The van der Waals surface area contributed by atoms with E-state index in [0.717, 1.165) is 6.42 Å². The highest BCUT2D eigenvalue weighted by Crippen LogP contribution is 2.25. The average molecular weight is 325 g/mol. The highest BCUT2D eigenvalue weighted by atomic mass is 32.2. The van der Waals surface area contributed by atoms with Crippen molar-refractivity contribution in [2.75, 3.05) is 28.5 Å². The summed E-state index contributed by atoms with van der Waals surface area (Å²) in [4.78, 5) is 23.1. The van der Waals surface area contributed by atoms with Crippen LogP contribution >= 0.6 is 0 Å². The molecule has 22 heavy (non-hydrogen) atoms. The molecular weight excluding hydrogens is 306 g/mol. The van der Waals surface area contributed by atoms with Crippen LogP contribution in [-0.2, 0) is 19.6 Å². The number of nitrogens with one attached hydrogen (secondary N) is 2. The molecule has 1 fully saturated rings. The molecule has 0 radical (unpaired) electrons. The quantitative estimate of drug-likeness (QED) is 0.796. The second-order valence-corrected chi connectivity index (χ2v) is 7.01. The molecular formula is C14H19N3O4S. The van der Waals surface area contributed by atoms with Crippen LogP contribution in [-0.4, -0.2) is 39.1 Å². The van der Waals surface area contributed by atoms with Crippen LogP contribution in [0, 0.1) is 0 Å². The van der Waals surface area contributed by atoms with Gasteiger partial charge < -0.3 is 10.6 Å².